The number of halogens is 3. The largest absolute Gasteiger partial charge is 0.478 e. The Hall–Kier alpha value is -2.31. The van der Waals surface area contributed by atoms with Crippen LogP contribution in [0, 0.1) is 0 Å². The lowest BCUT2D eigenvalue weighted by Crippen LogP contribution is -2.27. The van der Waals surface area contributed by atoms with Crippen molar-refractivity contribution in [2.24, 2.45) is 0 Å². The van der Waals surface area contributed by atoms with Gasteiger partial charge in [0.1, 0.15) is 0 Å². The number of carboxylic acids is 1. The van der Waals surface area contributed by atoms with Crippen LogP contribution < -0.4 is 5.32 Å². The molecule has 0 saturated carbocycles. The van der Waals surface area contributed by atoms with Gasteiger partial charge >= 0.3 is 12.1 Å². The highest BCUT2D eigenvalue weighted by atomic mass is 19.4. The molecule has 0 aliphatic heterocycles. The van der Waals surface area contributed by atoms with Gasteiger partial charge < -0.3 is 10.4 Å². The number of aliphatic carboxylic acids is 1. The van der Waals surface area contributed by atoms with Gasteiger partial charge in [0, 0.05) is 5.57 Å². The van der Waals surface area contributed by atoms with Crippen LogP contribution in [0.25, 0.3) is 0 Å². The zero-order valence-electron chi connectivity index (χ0n) is 12.1. The van der Waals surface area contributed by atoms with Crippen LogP contribution in [-0.2, 0) is 15.8 Å². The van der Waals surface area contributed by atoms with Crippen molar-refractivity contribution in [2.75, 3.05) is 0 Å². The lowest BCUT2D eigenvalue weighted by Gasteiger charge is -2.15. The van der Waals surface area contributed by atoms with E-state index in [1.807, 2.05) is 0 Å². The van der Waals surface area contributed by atoms with Crippen LogP contribution in [-0.4, -0.2) is 17.0 Å². The first-order chi connectivity index (χ1) is 10.1. The smallest absolute Gasteiger partial charge is 0.416 e. The number of carbonyl (C=O) groups is 2. The normalized spacial score (nSPS) is 13.6. The zero-order valence-corrected chi connectivity index (χ0v) is 12.1. The summed E-state index contributed by atoms with van der Waals surface area (Å²) >= 11 is 0. The van der Waals surface area contributed by atoms with E-state index in [-0.39, 0.29) is 12.0 Å². The zero-order chi connectivity index (χ0) is 16.9. The summed E-state index contributed by atoms with van der Waals surface area (Å²) in [7, 11) is 0. The van der Waals surface area contributed by atoms with E-state index < -0.39 is 29.7 Å². The second-order valence-electron chi connectivity index (χ2n) is 4.70. The highest BCUT2D eigenvalue weighted by molar-refractivity contribution is 5.94. The molecule has 0 aromatic heterocycles. The maximum absolute atomic E-state index is 12.5. The maximum Gasteiger partial charge on any atom is 0.416 e. The summed E-state index contributed by atoms with van der Waals surface area (Å²) in [6.45, 7) is 3.12. The van der Waals surface area contributed by atoms with Crippen molar-refractivity contribution in [3.05, 3.63) is 47.0 Å². The van der Waals surface area contributed by atoms with Crippen molar-refractivity contribution in [2.45, 2.75) is 32.5 Å². The van der Waals surface area contributed by atoms with Crippen LogP contribution in [0.2, 0.25) is 0 Å². The monoisotopic (exact) mass is 315 g/mol. The lowest BCUT2D eigenvalue weighted by atomic mass is 10.1. The molecule has 22 heavy (non-hydrogen) atoms. The molecule has 1 atom stereocenters. The topological polar surface area (TPSA) is 66.4 Å². The quantitative estimate of drug-likeness (QED) is 0.819. The Morgan fingerprint density at radius 3 is 2.23 bits per heavy atom. The average molecular weight is 315 g/mol. The number of hydrogen-bond donors (Lipinski definition) is 2. The minimum atomic E-state index is -4.41. The van der Waals surface area contributed by atoms with E-state index >= 15 is 0 Å². The Kier molecular flexibility index (Phi) is 5.73. The number of amides is 1. The summed E-state index contributed by atoms with van der Waals surface area (Å²) in [6.07, 6.45) is -3.38. The van der Waals surface area contributed by atoms with Crippen LogP contribution in [0.4, 0.5) is 13.2 Å². The maximum atomic E-state index is 12.5. The first kappa shape index (κ1) is 17.7. The van der Waals surface area contributed by atoms with Gasteiger partial charge in [-0.2, -0.15) is 13.2 Å². The van der Waals surface area contributed by atoms with Gasteiger partial charge in [0.2, 0.25) is 5.91 Å². The number of carbonyl (C=O) groups excluding carboxylic acids is 1. The molecule has 1 aromatic carbocycles. The van der Waals surface area contributed by atoms with Gasteiger partial charge in [-0.25, -0.2) is 4.79 Å². The Bertz CT molecular complexity index is 577. The summed E-state index contributed by atoms with van der Waals surface area (Å²) in [6, 6.07) is 3.91. The molecule has 1 rings (SSSR count). The fourth-order valence-electron chi connectivity index (χ4n) is 1.81. The van der Waals surface area contributed by atoms with Crippen LogP contribution in [0.15, 0.2) is 35.9 Å². The van der Waals surface area contributed by atoms with Gasteiger partial charge in [-0.15, -0.1) is 0 Å². The van der Waals surface area contributed by atoms with Crippen LogP contribution >= 0.6 is 0 Å². The molecule has 1 aromatic rings. The molecule has 7 heteroatoms. The molecule has 0 heterocycles. The number of alkyl halides is 3. The van der Waals surface area contributed by atoms with Crippen LogP contribution in [0.5, 0.6) is 0 Å². The second kappa shape index (κ2) is 7.11. The van der Waals surface area contributed by atoms with Gasteiger partial charge in [-0.1, -0.05) is 18.2 Å². The van der Waals surface area contributed by atoms with Crippen molar-refractivity contribution in [3.63, 3.8) is 0 Å². The molecule has 0 bridgehead atoms. The third-order valence-electron chi connectivity index (χ3n) is 3.09. The van der Waals surface area contributed by atoms with Gasteiger partial charge in [0.25, 0.3) is 0 Å². The minimum absolute atomic E-state index is 0.0443. The summed E-state index contributed by atoms with van der Waals surface area (Å²) in [4.78, 5) is 22.5. The van der Waals surface area contributed by atoms with Crippen LogP contribution in [0.1, 0.15) is 37.4 Å². The van der Waals surface area contributed by atoms with Crippen molar-refractivity contribution < 1.29 is 27.9 Å². The standard InChI is InChI=1S/C15H16F3NO3/c1-3-10(14(21)22)8-13(20)19-9(2)11-4-6-12(7-5-11)15(16,17)18/h3-7,9H,8H2,1-2H3,(H,19,20)(H,21,22)/b10-3-/t9-/m0/s1. The molecule has 2 N–H and O–H groups in total. The highest BCUT2D eigenvalue weighted by Crippen LogP contribution is 2.29. The highest BCUT2D eigenvalue weighted by Gasteiger charge is 2.30. The molecule has 0 saturated heterocycles. The third kappa shape index (κ3) is 4.91. The average Bonchev–Trinajstić information content (AvgIpc) is 2.43. The Balaban J connectivity index is 2.71. The molecule has 0 fully saturated rings. The summed E-state index contributed by atoms with van der Waals surface area (Å²) in [5.74, 6) is -1.69. The van der Waals surface area contributed by atoms with Gasteiger partial charge in [-0.3, -0.25) is 4.79 Å². The van der Waals surface area contributed by atoms with E-state index in [0.29, 0.717) is 5.56 Å². The SMILES string of the molecule is C/C=C(/CC(=O)N[C@@H](C)c1ccc(C(F)(F)F)cc1)C(=O)O. The number of benzene rings is 1. The number of carboxylic acid groups (broad SMARTS) is 1. The van der Waals surface area contributed by atoms with Crippen LogP contribution in [0.3, 0.4) is 0 Å². The van der Waals surface area contributed by atoms with E-state index in [2.05, 4.69) is 5.32 Å². The van der Waals surface area contributed by atoms with Gasteiger partial charge in [0.15, 0.2) is 0 Å². The fourth-order valence-corrected chi connectivity index (χ4v) is 1.81. The van der Waals surface area contributed by atoms with E-state index in [1.54, 1.807) is 6.92 Å². The molecule has 4 nitrogen and oxygen atoms in total. The van der Waals surface area contributed by atoms with Gasteiger partial charge in [-0.05, 0) is 31.5 Å². The summed E-state index contributed by atoms with van der Waals surface area (Å²) in [5, 5.41) is 11.4. The summed E-state index contributed by atoms with van der Waals surface area (Å²) < 4.78 is 37.4. The lowest BCUT2D eigenvalue weighted by molar-refractivity contribution is -0.137. The number of hydrogen-bond acceptors (Lipinski definition) is 2. The first-order valence-electron chi connectivity index (χ1n) is 6.50. The van der Waals surface area contributed by atoms with E-state index in [4.69, 9.17) is 5.11 Å². The Morgan fingerprint density at radius 2 is 1.82 bits per heavy atom. The van der Waals surface area contributed by atoms with E-state index in [0.717, 1.165) is 12.1 Å². The molecule has 120 valence electrons. The summed E-state index contributed by atoms with van der Waals surface area (Å²) in [5.41, 5.74) is -0.312. The Labute approximate surface area is 125 Å². The molecular formula is C15H16F3NO3. The Morgan fingerprint density at radius 1 is 1.27 bits per heavy atom. The molecular weight excluding hydrogens is 299 g/mol. The minimum Gasteiger partial charge on any atom is -0.478 e. The number of nitrogens with one attached hydrogen (secondary N) is 1. The molecule has 0 aliphatic rings. The number of allylic oxidation sites excluding steroid dienone is 1. The second-order valence-corrected chi connectivity index (χ2v) is 4.70. The van der Waals surface area contributed by atoms with Crippen molar-refractivity contribution >= 4 is 11.9 Å². The molecule has 1 amide bonds. The molecule has 0 spiro atoms. The van der Waals surface area contributed by atoms with Gasteiger partial charge in [0.05, 0.1) is 18.0 Å². The molecule has 0 unspecified atom stereocenters. The first-order valence-corrected chi connectivity index (χ1v) is 6.50. The van der Waals surface area contributed by atoms with Crippen molar-refractivity contribution in [1.29, 1.82) is 0 Å². The van der Waals surface area contributed by atoms with E-state index in [1.165, 1.54) is 25.1 Å². The predicted octanol–water partition coefficient (Wildman–Crippen LogP) is 3.30. The van der Waals surface area contributed by atoms with E-state index in [9.17, 15) is 22.8 Å². The predicted molar refractivity (Wildman–Crippen MR) is 74.0 cm³/mol. The molecule has 0 aliphatic carbocycles. The number of rotatable bonds is 5. The molecule has 0 radical (unpaired) electrons. The van der Waals surface area contributed by atoms with Crippen molar-refractivity contribution in [3.8, 4) is 0 Å². The fraction of sp³-hybridized carbons (Fsp3) is 0.333. The third-order valence-corrected chi connectivity index (χ3v) is 3.09. The van der Waals surface area contributed by atoms with Crippen molar-refractivity contribution in [1.82, 2.24) is 5.32 Å².